The first-order valence-electron chi connectivity index (χ1n) is 7.90. The van der Waals surface area contributed by atoms with Gasteiger partial charge in [-0.1, -0.05) is 12.8 Å². The van der Waals surface area contributed by atoms with Crippen molar-refractivity contribution in [2.24, 2.45) is 22.7 Å². The van der Waals surface area contributed by atoms with Crippen LogP contribution >= 0.6 is 0 Å². The molecule has 1 saturated carbocycles. The summed E-state index contributed by atoms with van der Waals surface area (Å²) < 4.78 is 5.43. The van der Waals surface area contributed by atoms with Crippen molar-refractivity contribution < 1.29 is 4.74 Å². The molecule has 108 valence electrons. The van der Waals surface area contributed by atoms with Crippen molar-refractivity contribution >= 4 is 5.96 Å². The van der Waals surface area contributed by atoms with Gasteiger partial charge in [-0.3, -0.25) is 4.99 Å². The van der Waals surface area contributed by atoms with Crippen LogP contribution in [0.25, 0.3) is 0 Å². The Morgan fingerprint density at radius 3 is 2.53 bits per heavy atom. The van der Waals surface area contributed by atoms with Crippen LogP contribution < -0.4 is 5.32 Å². The molecule has 0 aromatic heterocycles. The molecular formula is C15H27N3O. The van der Waals surface area contributed by atoms with E-state index in [1.807, 2.05) is 7.05 Å². The Kier molecular flexibility index (Phi) is 4.26. The van der Waals surface area contributed by atoms with Gasteiger partial charge < -0.3 is 15.0 Å². The third-order valence-electron chi connectivity index (χ3n) is 5.06. The summed E-state index contributed by atoms with van der Waals surface area (Å²) in [5.41, 5.74) is 0. The number of nitrogens with zero attached hydrogens (tertiary/aromatic N) is 2. The number of likely N-dealkylation sites (tertiary alicyclic amines) is 1. The molecule has 3 aliphatic rings. The highest BCUT2D eigenvalue weighted by atomic mass is 16.5. The van der Waals surface area contributed by atoms with Gasteiger partial charge in [0.2, 0.25) is 0 Å². The van der Waals surface area contributed by atoms with Crippen LogP contribution in [0.5, 0.6) is 0 Å². The second kappa shape index (κ2) is 6.12. The van der Waals surface area contributed by atoms with E-state index in [4.69, 9.17) is 4.74 Å². The minimum atomic E-state index is 0.668. The van der Waals surface area contributed by atoms with Crippen LogP contribution in [0.15, 0.2) is 4.99 Å². The second-order valence-corrected chi connectivity index (χ2v) is 6.37. The Labute approximate surface area is 116 Å². The summed E-state index contributed by atoms with van der Waals surface area (Å²) in [5.74, 6) is 3.62. The van der Waals surface area contributed by atoms with Gasteiger partial charge in [0.05, 0.1) is 6.61 Å². The average molecular weight is 265 g/mol. The molecule has 3 unspecified atom stereocenters. The Morgan fingerprint density at radius 1 is 1.21 bits per heavy atom. The Morgan fingerprint density at radius 2 is 1.95 bits per heavy atom. The van der Waals surface area contributed by atoms with Crippen LogP contribution in [-0.4, -0.2) is 50.8 Å². The molecule has 2 saturated heterocycles. The lowest BCUT2D eigenvalue weighted by Crippen LogP contribution is -2.42. The fourth-order valence-corrected chi connectivity index (χ4v) is 3.89. The van der Waals surface area contributed by atoms with Crippen molar-refractivity contribution in [2.75, 3.05) is 39.9 Å². The number of fused-ring (bicyclic) bond motifs is 1. The predicted octanol–water partition coefficient (Wildman–Crippen LogP) is 1.72. The van der Waals surface area contributed by atoms with Crippen LogP contribution in [0, 0.1) is 17.8 Å². The molecule has 0 aromatic rings. The smallest absolute Gasteiger partial charge is 0.193 e. The fourth-order valence-electron chi connectivity index (χ4n) is 3.89. The number of hydrogen-bond acceptors (Lipinski definition) is 2. The van der Waals surface area contributed by atoms with E-state index >= 15 is 0 Å². The summed E-state index contributed by atoms with van der Waals surface area (Å²) in [6.45, 7) is 5.28. The third-order valence-corrected chi connectivity index (χ3v) is 5.06. The molecule has 4 heteroatoms. The Hall–Kier alpha value is -0.770. The van der Waals surface area contributed by atoms with E-state index in [2.05, 4.69) is 15.2 Å². The molecule has 3 fully saturated rings. The zero-order chi connectivity index (χ0) is 13.1. The maximum atomic E-state index is 5.43. The molecule has 4 nitrogen and oxygen atoms in total. The monoisotopic (exact) mass is 265 g/mol. The van der Waals surface area contributed by atoms with Gasteiger partial charge in [-0.2, -0.15) is 0 Å². The standard InChI is InChI=1S/C15H27N3O/c1-16-15(17-8-12-6-7-19-11-12)18-9-13-4-2-3-5-14(13)10-18/h12-14H,2-11H2,1H3,(H,16,17). The summed E-state index contributed by atoms with van der Waals surface area (Å²) in [5, 5.41) is 3.56. The van der Waals surface area contributed by atoms with E-state index in [1.54, 1.807) is 0 Å². The molecule has 1 aliphatic carbocycles. The van der Waals surface area contributed by atoms with Gasteiger partial charge in [-0.15, -0.1) is 0 Å². The van der Waals surface area contributed by atoms with E-state index in [0.717, 1.165) is 37.6 Å². The second-order valence-electron chi connectivity index (χ2n) is 6.37. The van der Waals surface area contributed by atoms with Crippen LogP contribution in [0.2, 0.25) is 0 Å². The van der Waals surface area contributed by atoms with Crippen LogP contribution in [0.3, 0.4) is 0 Å². The largest absolute Gasteiger partial charge is 0.381 e. The van der Waals surface area contributed by atoms with Gasteiger partial charge in [0.1, 0.15) is 0 Å². The van der Waals surface area contributed by atoms with Gasteiger partial charge >= 0.3 is 0 Å². The van der Waals surface area contributed by atoms with Crippen molar-refractivity contribution in [3.05, 3.63) is 0 Å². The average Bonchev–Trinajstić information content (AvgIpc) is 3.08. The zero-order valence-corrected chi connectivity index (χ0v) is 12.1. The Bertz CT molecular complexity index is 311. The first-order valence-corrected chi connectivity index (χ1v) is 7.90. The quantitative estimate of drug-likeness (QED) is 0.610. The lowest BCUT2D eigenvalue weighted by atomic mass is 9.82. The first kappa shape index (κ1) is 13.2. The van der Waals surface area contributed by atoms with Crippen molar-refractivity contribution in [3.8, 4) is 0 Å². The van der Waals surface area contributed by atoms with E-state index < -0.39 is 0 Å². The number of nitrogens with one attached hydrogen (secondary N) is 1. The van der Waals surface area contributed by atoms with Gasteiger partial charge in [-0.25, -0.2) is 0 Å². The van der Waals surface area contributed by atoms with Crippen molar-refractivity contribution in [1.29, 1.82) is 0 Å². The molecule has 0 amide bonds. The maximum Gasteiger partial charge on any atom is 0.193 e. The third kappa shape index (κ3) is 3.04. The molecule has 1 N–H and O–H groups in total. The van der Waals surface area contributed by atoms with Gasteiger partial charge in [0, 0.05) is 39.2 Å². The van der Waals surface area contributed by atoms with Gasteiger partial charge in [-0.05, 0) is 31.1 Å². The van der Waals surface area contributed by atoms with Crippen molar-refractivity contribution in [1.82, 2.24) is 10.2 Å². The number of ether oxygens (including phenoxy) is 1. The van der Waals surface area contributed by atoms with Gasteiger partial charge in [0.15, 0.2) is 5.96 Å². The maximum absolute atomic E-state index is 5.43. The summed E-state index contributed by atoms with van der Waals surface area (Å²) in [6.07, 6.45) is 6.90. The molecule has 2 aliphatic heterocycles. The SMILES string of the molecule is CN=C(NCC1CCOC1)N1CC2CCCCC2C1. The molecule has 2 heterocycles. The minimum absolute atomic E-state index is 0.668. The van der Waals surface area contributed by atoms with E-state index in [-0.39, 0.29) is 0 Å². The number of rotatable bonds is 2. The molecule has 0 aromatic carbocycles. The van der Waals surface area contributed by atoms with Crippen LogP contribution in [0.1, 0.15) is 32.1 Å². The Balaban J connectivity index is 1.51. The molecule has 0 radical (unpaired) electrons. The normalized spacial score (nSPS) is 35.5. The molecule has 19 heavy (non-hydrogen) atoms. The fraction of sp³-hybridized carbons (Fsp3) is 0.933. The molecule has 3 atom stereocenters. The van der Waals surface area contributed by atoms with Crippen LogP contribution in [0.4, 0.5) is 0 Å². The van der Waals surface area contributed by atoms with E-state index in [9.17, 15) is 0 Å². The first-order chi connectivity index (χ1) is 9.36. The summed E-state index contributed by atoms with van der Waals surface area (Å²) >= 11 is 0. The molecule has 0 spiro atoms. The zero-order valence-electron chi connectivity index (χ0n) is 12.1. The highest BCUT2D eigenvalue weighted by Gasteiger charge is 2.35. The van der Waals surface area contributed by atoms with Crippen molar-refractivity contribution in [3.63, 3.8) is 0 Å². The predicted molar refractivity (Wildman–Crippen MR) is 77.3 cm³/mol. The number of guanidine groups is 1. The summed E-state index contributed by atoms with van der Waals surface area (Å²) in [4.78, 5) is 6.96. The number of hydrogen-bond donors (Lipinski definition) is 1. The van der Waals surface area contributed by atoms with Gasteiger partial charge in [0.25, 0.3) is 0 Å². The molecular weight excluding hydrogens is 238 g/mol. The van der Waals surface area contributed by atoms with Crippen molar-refractivity contribution in [2.45, 2.75) is 32.1 Å². The lowest BCUT2D eigenvalue weighted by Gasteiger charge is -2.22. The molecule has 3 rings (SSSR count). The topological polar surface area (TPSA) is 36.9 Å². The summed E-state index contributed by atoms with van der Waals surface area (Å²) in [7, 11) is 1.91. The number of aliphatic imine (C=N–C) groups is 1. The highest BCUT2D eigenvalue weighted by Crippen LogP contribution is 2.35. The highest BCUT2D eigenvalue weighted by molar-refractivity contribution is 5.80. The summed E-state index contributed by atoms with van der Waals surface area (Å²) in [6, 6.07) is 0. The van der Waals surface area contributed by atoms with E-state index in [1.165, 1.54) is 45.2 Å². The minimum Gasteiger partial charge on any atom is -0.381 e. The van der Waals surface area contributed by atoms with E-state index in [0.29, 0.717) is 5.92 Å². The lowest BCUT2D eigenvalue weighted by molar-refractivity contribution is 0.186. The molecule has 0 bridgehead atoms. The van der Waals surface area contributed by atoms with Crippen LogP contribution in [-0.2, 0) is 4.74 Å².